The van der Waals surface area contributed by atoms with Gasteiger partial charge in [-0.25, -0.2) is 0 Å². The molecule has 7 heteroatoms. The number of carboxylic acid groups (broad SMARTS) is 1. The molecule has 210 valence electrons. The summed E-state index contributed by atoms with van der Waals surface area (Å²) >= 11 is 0. The standard InChI is InChI=1S/C30H48O7/c1-25(2)10-12-29(24(36)37)13-11-27(4)17(21(29)23(25)35)6-7-19-26(3)14-18(33)22(34)30(15-31,16-32)20(26)8-9-28(19,27)5/h6,18-23,31-35H,7-16H2,1-5H3,(H,36,37)/t18-,19-,20-,21-,22-,23+,26-,27-,28-,29+/m1/s1. The molecule has 37 heavy (non-hydrogen) atoms. The third kappa shape index (κ3) is 3.15. The Hall–Kier alpha value is -0.990. The van der Waals surface area contributed by atoms with Crippen LogP contribution in [0.25, 0.3) is 0 Å². The van der Waals surface area contributed by atoms with Crippen molar-refractivity contribution < 1.29 is 35.4 Å². The highest BCUT2D eigenvalue weighted by atomic mass is 16.4. The molecule has 0 aromatic heterocycles. The summed E-state index contributed by atoms with van der Waals surface area (Å²) in [6, 6.07) is 0. The fraction of sp³-hybridized carbons (Fsp3) is 0.900. The van der Waals surface area contributed by atoms with Crippen LogP contribution in [-0.4, -0.2) is 68.1 Å². The second kappa shape index (κ2) is 8.26. The van der Waals surface area contributed by atoms with Gasteiger partial charge in [0.1, 0.15) is 0 Å². The van der Waals surface area contributed by atoms with Crippen LogP contribution < -0.4 is 0 Å². The molecule has 7 nitrogen and oxygen atoms in total. The van der Waals surface area contributed by atoms with Crippen molar-refractivity contribution in [1.82, 2.24) is 0 Å². The van der Waals surface area contributed by atoms with Gasteiger partial charge in [0.05, 0.1) is 36.9 Å². The van der Waals surface area contributed by atoms with E-state index in [-0.39, 0.29) is 41.3 Å². The Labute approximate surface area is 221 Å². The number of hydrogen-bond donors (Lipinski definition) is 6. The molecule has 0 unspecified atom stereocenters. The minimum absolute atomic E-state index is 0.123. The van der Waals surface area contributed by atoms with Gasteiger partial charge in [0, 0.05) is 11.3 Å². The summed E-state index contributed by atoms with van der Waals surface area (Å²) in [6.45, 7) is 10.1. The molecule has 0 amide bonds. The Morgan fingerprint density at radius 2 is 1.51 bits per heavy atom. The number of carboxylic acids is 1. The highest BCUT2D eigenvalue weighted by molar-refractivity contribution is 5.77. The van der Waals surface area contributed by atoms with E-state index in [0.717, 1.165) is 18.4 Å². The molecule has 0 aromatic carbocycles. The molecule has 0 spiro atoms. The molecule has 5 aliphatic rings. The molecule has 0 aromatic rings. The lowest BCUT2D eigenvalue weighted by Crippen LogP contribution is -2.70. The average Bonchev–Trinajstić information content (AvgIpc) is 2.83. The Kier molecular flexibility index (Phi) is 6.16. The van der Waals surface area contributed by atoms with Gasteiger partial charge in [-0.05, 0) is 84.9 Å². The molecule has 0 saturated heterocycles. The van der Waals surface area contributed by atoms with Crippen LogP contribution in [0.4, 0.5) is 0 Å². The number of aliphatic hydroxyl groups excluding tert-OH is 5. The van der Waals surface area contributed by atoms with Gasteiger partial charge in [0.25, 0.3) is 0 Å². The SMILES string of the molecule is CC1(C)CC[C@]2(C(=O)O)CC[C@]3(C)C(=CC[C@@H]4[C@@]5(C)C[C@@H](O)[C@@H](O)C(CO)(CO)[C@@H]5CC[C@]43C)[C@@H]2[C@@H]1O. The van der Waals surface area contributed by atoms with Crippen molar-refractivity contribution in [2.45, 2.75) is 104 Å². The molecule has 0 aliphatic heterocycles. The molecule has 4 fully saturated rings. The minimum Gasteiger partial charge on any atom is -0.481 e. The van der Waals surface area contributed by atoms with Crippen LogP contribution in [0.2, 0.25) is 0 Å². The van der Waals surface area contributed by atoms with E-state index in [2.05, 4.69) is 26.8 Å². The lowest BCUT2D eigenvalue weighted by Gasteiger charge is -2.72. The first kappa shape index (κ1) is 27.6. The van der Waals surface area contributed by atoms with Gasteiger partial charge >= 0.3 is 5.97 Å². The van der Waals surface area contributed by atoms with Crippen molar-refractivity contribution in [1.29, 1.82) is 0 Å². The van der Waals surface area contributed by atoms with Gasteiger partial charge in [-0.15, -0.1) is 0 Å². The van der Waals surface area contributed by atoms with E-state index in [9.17, 15) is 35.4 Å². The van der Waals surface area contributed by atoms with Crippen molar-refractivity contribution in [2.24, 2.45) is 50.2 Å². The van der Waals surface area contributed by atoms with Crippen LogP contribution in [0.15, 0.2) is 11.6 Å². The first-order valence-electron chi connectivity index (χ1n) is 14.3. The summed E-state index contributed by atoms with van der Waals surface area (Å²) in [4.78, 5) is 12.8. The van der Waals surface area contributed by atoms with Crippen molar-refractivity contribution in [2.75, 3.05) is 13.2 Å². The average molecular weight is 521 g/mol. The minimum atomic E-state index is -1.18. The second-order valence-corrected chi connectivity index (χ2v) is 14.9. The molecule has 0 bridgehead atoms. The summed E-state index contributed by atoms with van der Waals surface area (Å²) in [6.07, 6.45) is 4.43. The van der Waals surface area contributed by atoms with Crippen molar-refractivity contribution in [3.63, 3.8) is 0 Å². The van der Waals surface area contributed by atoms with Crippen molar-refractivity contribution in [3.8, 4) is 0 Å². The smallest absolute Gasteiger partial charge is 0.310 e. The van der Waals surface area contributed by atoms with Crippen LogP contribution in [0, 0.1) is 50.2 Å². The summed E-state index contributed by atoms with van der Waals surface area (Å²) in [5.74, 6) is -1.24. The maximum Gasteiger partial charge on any atom is 0.310 e. The van der Waals surface area contributed by atoms with E-state index in [1.54, 1.807) is 0 Å². The zero-order chi connectivity index (χ0) is 27.4. The van der Waals surface area contributed by atoms with E-state index in [1.807, 2.05) is 13.8 Å². The predicted octanol–water partition coefficient (Wildman–Crippen LogP) is 3.12. The normalized spacial score (nSPS) is 52.1. The number of rotatable bonds is 3. The Morgan fingerprint density at radius 3 is 2.11 bits per heavy atom. The second-order valence-electron chi connectivity index (χ2n) is 14.9. The Balaban J connectivity index is 1.64. The monoisotopic (exact) mass is 520 g/mol. The summed E-state index contributed by atoms with van der Waals surface area (Å²) in [7, 11) is 0. The number of allylic oxidation sites excluding steroid dienone is 1. The molecular formula is C30H48O7. The Morgan fingerprint density at radius 1 is 0.892 bits per heavy atom. The summed E-state index contributed by atoms with van der Waals surface area (Å²) in [5.41, 5.74) is -2.32. The lowest BCUT2D eigenvalue weighted by atomic mass is 9.33. The fourth-order valence-electron chi connectivity index (χ4n) is 10.8. The van der Waals surface area contributed by atoms with Gasteiger partial charge in [-0.2, -0.15) is 0 Å². The number of carbonyl (C=O) groups is 1. The van der Waals surface area contributed by atoms with Crippen LogP contribution in [0.5, 0.6) is 0 Å². The maximum atomic E-state index is 12.8. The molecule has 0 heterocycles. The first-order chi connectivity index (χ1) is 17.1. The van der Waals surface area contributed by atoms with Gasteiger partial charge in [-0.1, -0.05) is 46.3 Å². The van der Waals surface area contributed by atoms with Gasteiger partial charge in [0.2, 0.25) is 0 Å². The largest absolute Gasteiger partial charge is 0.481 e. The number of aliphatic hydroxyl groups is 5. The molecule has 4 saturated carbocycles. The van der Waals surface area contributed by atoms with Crippen LogP contribution in [-0.2, 0) is 4.79 Å². The fourth-order valence-corrected chi connectivity index (χ4v) is 10.8. The highest BCUT2D eigenvalue weighted by Crippen LogP contribution is 2.75. The zero-order valence-corrected chi connectivity index (χ0v) is 23.2. The van der Waals surface area contributed by atoms with Gasteiger partial charge in [0.15, 0.2) is 0 Å². The van der Waals surface area contributed by atoms with Gasteiger partial charge in [-0.3, -0.25) is 4.79 Å². The topological polar surface area (TPSA) is 138 Å². The zero-order valence-electron chi connectivity index (χ0n) is 23.2. The van der Waals surface area contributed by atoms with Crippen LogP contribution in [0.1, 0.15) is 86.0 Å². The number of aliphatic carboxylic acids is 1. The number of hydrogen-bond acceptors (Lipinski definition) is 6. The van der Waals surface area contributed by atoms with Crippen LogP contribution >= 0.6 is 0 Å². The predicted molar refractivity (Wildman–Crippen MR) is 138 cm³/mol. The molecule has 6 N–H and O–H groups in total. The third-order valence-electron chi connectivity index (χ3n) is 13.4. The first-order valence-corrected chi connectivity index (χ1v) is 14.3. The summed E-state index contributed by atoms with van der Waals surface area (Å²) < 4.78 is 0. The van der Waals surface area contributed by atoms with Crippen molar-refractivity contribution in [3.05, 3.63) is 11.6 Å². The number of fused-ring (bicyclic) bond motifs is 7. The molecule has 0 radical (unpaired) electrons. The van der Waals surface area contributed by atoms with Gasteiger partial charge < -0.3 is 30.6 Å². The molecule has 5 aliphatic carbocycles. The summed E-state index contributed by atoms with van der Waals surface area (Å²) in [5, 5.41) is 65.1. The lowest BCUT2D eigenvalue weighted by molar-refractivity contribution is -0.258. The van der Waals surface area contributed by atoms with Crippen LogP contribution in [0.3, 0.4) is 0 Å². The van der Waals surface area contributed by atoms with Crippen molar-refractivity contribution >= 4 is 5.97 Å². The van der Waals surface area contributed by atoms with E-state index >= 15 is 0 Å². The highest BCUT2D eigenvalue weighted by Gasteiger charge is 2.72. The molecular weight excluding hydrogens is 472 g/mol. The quantitative estimate of drug-likeness (QED) is 0.314. The Bertz CT molecular complexity index is 986. The van der Waals surface area contributed by atoms with E-state index in [4.69, 9.17) is 0 Å². The van der Waals surface area contributed by atoms with E-state index in [1.165, 1.54) is 0 Å². The van der Waals surface area contributed by atoms with E-state index < -0.39 is 46.4 Å². The molecule has 5 rings (SSSR count). The third-order valence-corrected chi connectivity index (χ3v) is 13.4. The maximum absolute atomic E-state index is 12.8. The van der Waals surface area contributed by atoms with E-state index in [0.29, 0.717) is 38.5 Å². The molecule has 10 atom stereocenters.